The van der Waals surface area contributed by atoms with E-state index in [2.05, 4.69) is 15.3 Å². The quantitative estimate of drug-likeness (QED) is 0.798. The lowest BCUT2D eigenvalue weighted by Gasteiger charge is -2.11. The number of methoxy groups -OCH3 is 1. The SMILES string of the molecule is COCCc1ccccc1Nc1nc(C)cc(C(N)=S)n1. The number of nitrogens with two attached hydrogens (primary N) is 1. The molecule has 6 heteroatoms. The average molecular weight is 302 g/mol. The molecule has 5 nitrogen and oxygen atoms in total. The first kappa shape index (κ1) is 15.3. The van der Waals surface area contributed by atoms with E-state index in [0.717, 1.165) is 23.4 Å². The zero-order chi connectivity index (χ0) is 15.2. The van der Waals surface area contributed by atoms with Crippen LogP contribution in [0.5, 0.6) is 0 Å². The van der Waals surface area contributed by atoms with E-state index in [1.165, 1.54) is 0 Å². The summed E-state index contributed by atoms with van der Waals surface area (Å²) < 4.78 is 5.13. The first-order valence-electron chi connectivity index (χ1n) is 6.59. The van der Waals surface area contributed by atoms with Gasteiger partial charge in [0.15, 0.2) is 0 Å². The molecule has 1 aromatic carbocycles. The molecule has 110 valence electrons. The molecule has 0 spiro atoms. The minimum absolute atomic E-state index is 0.260. The number of hydrogen-bond donors (Lipinski definition) is 2. The van der Waals surface area contributed by atoms with Crippen molar-refractivity contribution in [1.82, 2.24) is 9.97 Å². The molecule has 0 fully saturated rings. The number of nitrogens with one attached hydrogen (secondary N) is 1. The highest BCUT2D eigenvalue weighted by Gasteiger charge is 2.07. The topological polar surface area (TPSA) is 73.1 Å². The molecule has 0 saturated carbocycles. The normalized spacial score (nSPS) is 10.4. The summed E-state index contributed by atoms with van der Waals surface area (Å²) in [6, 6.07) is 9.75. The van der Waals surface area contributed by atoms with Crippen LogP contribution in [-0.2, 0) is 11.2 Å². The van der Waals surface area contributed by atoms with Gasteiger partial charge in [0.2, 0.25) is 5.95 Å². The lowest BCUT2D eigenvalue weighted by molar-refractivity contribution is 0.202. The number of anilines is 2. The molecule has 0 radical (unpaired) electrons. The zero-order valence-corrected chi connectivity index (χ0v) is 12.9. The second-order valence-electron chi connectivity index (χ2n) is 4.61. The number of aryl methyl sites for hydroxylation is 1. The predicted molar refractivity (Wildman–Crippen MR) is 88.0 cm³/mol. The highest BCUT2D eigenvalue weighted by Crippen LogP contribution is 2.19. The van der Waals surface area contributed by atoms with E-state index in [1.54, 1.807) is 13.2 Å². The summed E-state index contributed by atoms with van der Waals surface area (Å²) in [4.78, 5) is 8.95. The fourth-order valence-electron chi connectivity index (χ4n) is 1.94. The molecule has 1 aromatic heterocycles. The van der Waals surface area contributed by atoms with E-state index in [1.807, 2.05) is 31.2 Å². The second kappa shape index (κ2) is 7.10. The Hall–Kier alpha value is -2.05. The minimum Gasteiger partial charge on any atom is -0.388 e. The van der Waals surface area contributed by atoms with E-state index in [4.69, 9.17) is 22.7 Å². The summed E-state index contributed by atoms with van der Waals surface area (Å²) in [7, 11) is 1.69. The van der Waals surface area contributed by atoms with E-state index in [0.29, 0.717) is 18.2 Å². The molecule has 2 rings (SSSR count). The van der Waals surface area contributed by atoms with Crippen LogP contribution in [0.1, 0.15) is 17.0 Å². The van der Waals surface area contributed by atoms with Crippen molar-refractivity contribution in [3.63, 3.8) is 0 Å². The predicted octanol–water partition coefficient (Wildman–Crippen LogP) is 2.35. The molecule has 0 unspecified atom stereocenters. The van der Waals surface area contributed by atoms with Gasteiger partial charge in [0, 0.05) is 18.5 Å². The molecule has 0 aliphatic carbocycles. The molecule has 3 N–H and O–H groups in total. The number of benzene rings is 1. The summed E-state index contributed by atoms with van der Waals surface area (Å²) in [5, 5.41) is 3.22. The van der Waals surface area contributed by atoms with Gasteiger partial charge in [-0.05, 0) is 31.0 Å². The molecule has 1 heterocycles. The van der Waals surface area contributed by atoms with Crippen molar-refractivity contribution >= 4 is 28.8 Å². The van der Waals surface area contributed by atoms with Crippen LogP contribution >= 0.6 is 12.2 Å². The van der Waals surface area contributed by atoms with E-state index in [9.17, 15) is 0 Å². The maximum Gasteiger partial charge on any atom is 0.228 e. The molecule has 2 aromatic rings. The Kier molecular flexibility index (Phi) is 5.19. The summed E-state index contributed by atoms with van der Waals surface area (Å²) in [6.07, 6.45) is 0.813. The number of aromatic nitrogens is 2. The largest absolute Gasteiger partial charge is 0.388 e. The van der Waals surface area contributed by atoms with Gasteiger partial charge in [0.1, 0.15) is 10.7 Å². The van der Waals surface area contributed by atoms with Crippen LogP contribution in [0.15, 0.2) is 30.3 Å². The number of hydrogen-bond acceptors (Lipinski definition) is 5. The molecule has 0 aliphatic rings. The van der Waals surface area contributed by atoms with Gasteiger partial charge in [-0.2, -0.15) is 0 Å². The van der Waals surface area contributed by atoms with Gasteiger partial charge in [-0.25, -0.2) is 9.97 Å². The maximum atomic E-state index is 5.64. The first-order chi connectivity index (χ1) is 10.1. The minimum atomic E-state index is 0.260. The fourth-order valence-corrected chi connectivity index (χ4v) is 2.05. The second-order valence-corrected chi connectivity index (χ2v) is 5.05. The summed E-state index contributed by atoms with van der Waals surface area (Å²) in [5.74, 6) is 0.489. The van der Waals surface area contributed by atoms with Crippen LogP contribution in [0.2, 0.25) is 0 Å². The van der Waals surface area contributed by atoms with Gasteiger partial charge in [0.05, 0.1) is 6.61 Å². The number of nitrogens with zero attached hydrogens (tertiary/aromatic N) is 2. The average Bonchev–Trinajstić information content (AvgIpc) is 2.45. The standard InChI is InChI=1S/C15H18N4OS/c1-10-9-13(14(16)21)19-15(17-10)18-12-6-4-3-5-11(12)7-8-20-2/h3-6,9H,7-8H2,1-2H3,(H2,16,21)(H,17,18,19). The van der Waals surface area contributed by atoms with Crippen molar-refractivity contribution in [3.05, 3.63) is 47.3 Å². The Labute approximate surface area is 129 Å². The van der Waals surface area contributed by atoms with Gasteiger partial charge in [0.25, 0.3) is 0 Å². The summed E-state index contributed by atoms with van der Waals surface area (Å²) >= 11 is 4.97. The number of thiocarbonyl (C=S) groups is 1. The van der Waals surface area contributed by atoms with Gasteiger partial charge < -0.3 is 15.8 Å². The van der Waals surface area contributed by atoms with E-state index >= 15 is 0 Å². The smallest absolute Gasteiger partial charge is 0.228 e. The number of ether oxygens (including phenoxy) is 1. The van der Waals surface area contributed by atoms with Gasteiger partial charge >= 0.3 is 0 Å². The Bertz CT molecular complexity index is 645. The van der Waals surface area contributed by atoms with E-state index < -0.39 is 0 Å². The Morgan fingerprint density at radius 1 is 1.33 bits per heavy atom. The molecule has 0 saturated heterocycles. The van der Waals surface area contributed by atoms with Gasteiger partial charge in [-0.15, -0.1) is 0 Å². The third kappa shape index (κ3) is 4.21. The summed E-state index contributed by atoms with van der Waals surface area (Å²) in [5.41, 5.74) is 9.10. The molecular formula is C15H18N4OS. The Morgan fingerprint density at radius 3 is 2.81 bits per heavy atom. The van der Waals surface area contributed by atoms with Gasteiger partial charge in [-0.1, -0.05) is 30.4 Å². The van der Waals surface area contributed by atoms with Crippen LogP contribution in [0.25, 0.3) is 0 Å². The van der Waals surface area contributed by atoms with Crippen LogP contribution in [0.3, 0.4) is 0 Å². The molecular weight excluding hydrogens is 284 g/mol. The summed E-state index contributed by atoms with van der Waals surface area (Å²) in [6.45, 7) is 2.54. The van der Waals surface area contributed by atoms with Crippen molar-refractivity contribution in [1.29, 1.82) is 0 Å². The third-order valence-electron chi connectivity index (χ3n) is 2.95. The van der Waals surface area contributed by atoms with Crippen LogP contribution in [0.4, 0.5) is 11.6 Å². The third-order valence-corrected chi connectivity index (χ3v) is 3.16. The van der Waals surface area contributed by atoms with Gasteiger partial charge in [-0.3, -0.25) is 0 Å². The maximum absolute atomic E-state index is 5.64. The lowest BCUT2D eigenvalue weighted by atomic mass is 10.1. The Morgan fingerprint density at radius 2 is 2.10 bits per heavy atom. The highest BCUT2D eigenvalue weighted by atomic mass is 32.1. The van der Waals surface area contributed by atoms with E-state index in [-0.39, 0.29) is 4.99 Å². The zero-order valence-electron chi connectivity index (χ0n) is 12.1. The van der Waals surface area contributed by atoms with Crippen LogP contribution in [0, 0.1) is 6.92 Å². The Balaban J connectivity index is 2.27. The molecule has 0 amide bonds. The highest BCUT2D eigenvalue weighted by molar-refractivity contribution is 7.80. The fraction of sp³-hybridized carbons (Fsp3) is 0.267. The monoisotopic (exact) mass is 302 g/mol. The number of para-hydroxylation sites is 1. The van der Waals surface area contributed by atoms with Crippen molar-refractivity contribution in [2.45, 2.75) is 13.3 Å². The lowest BCUT2D eigenvalue weighted by Crippen LogP contribution is -2.14. The molecule has 0 bridgehead atoms. The van der Waals surface area contributed by atoms with Crippen LogP contribution < -0.4 is 11.1 Å². The van der Waals surface area contributed by atoms with Crippen molar-refractivity contribution in [3.8, 4) is 0 Å². The van der Waals surface area contributed by atoms with Crippen molar-refractivity contribution < 1.29 is 4.74 Å². The van der Waals surface area contributed by atoms with Crippen molar-refractivity contribution in [2.24, 2.45) is 5.73 Å². The van der Waals surface area contributed by atoms with Crippen molar-refractivity contribution in [2.75, 3.05) is 19.0 Å². The molecule has 0 atom stereocenters. The molecule has 21 heavy (non-hydrogen) atoms. The van der Waals surface area contributed by atoms with Crippen LogP contribution in [-0.4, -0.2) is 28.7 Å². The number of rotatable bonds is 6. The molecule has 0 aliphatic heterocycles. The first-order valence-corrected chi connectivity index (χ1v) is 7.00.